The first-order valence-corrected chi connectivity index (χ1v) is 23.9. The van der Waals surface area contributed by atoms with Crippen LogP contribution in [-0.2, 0) is 44.2 Å². The number of sulfonamides is 1. The molecule has 0 spiro atoms. The second-order valence-corrected chi connectivity index (χ2v) is 19.8. The minimum absolute atomic E-state index is 0.00510. The van der Waals surface area contributed by atoms with Crippen LogP contribution in [0.25, 0.3) is 32.7 Å². The summed E-state index contributed by atoms with van der Waals surface area (Å²) in [4.78, 5) is 5.80. The summed E-state index contributed by atoms with van der Waals surface area (Å²) < 4.78 is 87.4. The van der Waals surface area contributed by atoms with E-state index >= 15 is 8.42 Å². The van der Waals surface area contributed by atoms with E-state index in [0.29, 0.717) is 76.5 Å². The molecular formula is C44H46N8O8S3. The zero-order chi connectivity index (χ0) is 44.1. The summed E-state index contributed by atoms with van der Waals surface area (Å²) in [6.45, 7) is 2.02. The first-order valence-electron chi connectivity index (χ1n) is 20.0. The van der Waals surface area contributed by atoms with E-state index in [1.54, 1.807) is 94.1 Å². The number of sulfone groups is 1. The molecule has 0 radical (unpaired) electrons. The molecule has 5 aromatic carbocycles. The van der Waals surface area contributed by atoms with E-state index in [9.17, 15) is 8.42 Å². The number of hydrogen-bond acceptors (Lipinski definition) is 15. The van der Waals surface area contributed by atoms with Crippen molar-refractivity contribution in [3.05, 3.63) is 120 Å². The number of fused-ring (bicyclic) bond motifs is 1. The molecule has 328 valence electrons. The minimum Gasteiger partial charge on any atom is -0.497 e. The van der Waals surface area contributed by atoms with Crippen molar-refractivity contribution in [2.75, 3.05) is 65.7 Å². The molecule has 1 aliphatic heterocycles. The van der Waals surface area contributed by atoms with Gasteiger partial charge in [-0.2, -0.15) is 4.31 Å². The smallest absolute Gasteiger partial charge is 0.245 e. The number of rotatable bonds is 17. The number of methoxy groups -OCH3 is 3. The highest BCUT2D eigenvalue weighted by molar-refractivity contribution is 7.93. The molecule has 0 atom stereocenters. The number of aromatic nitrogens is 5. The molecule has 1 fully saturated rings. The molecule has 1 aliphatic rings. The number of para-hydroxylation sites is 1. The molecule has 63 heavy (non-hydrogen) atoms. The van der Waals surface area contributed by atoms with Gasteiger partial charge in [-0.25, -0.2) is 26.5 Å². The lowest BCUT2D eigenvalue weighted by molar-refractivity contribution is 0.0408. The van der Waals surface area contributed by atoms with E-state index in [-0.39, 0.29) is 48.2 Å². The van der Waals surface area contributed by atoms with Crippen molar-refractivity contribution in [3.8, 4) is 39.8 Å². The Morgan fingerprint density at radius 1 is 0.746 bits per heavy atom. The van der Waals surface area contributed by atoms with Gasteiger partial charge in [0.05, 0.1) is 67.5 Å². The maximum Gasteiger partial charge on any atom is 0.245 e. The first kappa shape index (κ1) is 43.7. The Morgan fingerprint density at radius 2 is 1.33 bits per heavy atom. The second-order valence-electron chi connectivity index (χ2n) is 14.8. The molecule has 0 amide bonds. The number of nitrogens with two attached hydrogens (primary N) is 1. The van der Waals surface area contributed by atoms with Gasteiger partial charge in [0.25, 0.3) is 0 Å². The predicted octanol–water partition coefficient (Wildman–Crippen LogP) is 5.77. The van der Waals surface area contributed by atoms with Crippen LogP contribution in [0.2, 0.25) is 0 Å². The van der Waals surface area contributed by atoms with Gasteiger partial charge in [-0.05, 0) is 81.2 Å². The van der Waals surface area contributed by atoms with Crippen molar-refractivity contribution in [1.82, 2.24) is 34.4 Å². The van der Waals surface area contributed by atoms with E-state index in [2.05, 4.69) is 20.5 Å². The van der Waals surface area contributed by atoms with Crippen LogP contribution < -0.4 is 19.9 Å². The van der Waals surface area contributed by atoms with Crippen molar-refractivity contribution in [2.45, 2.75) is 29.4 Å². The van der Waals surface area contributed by atoms with Gasteiger partial charge in [0.15, 0.2) is 20.8 Å². The second kappa shape index (κ2) is 18.8. The Balaban J connectivity index is 1.40. The van der Waals surface area contributed by atoms with Gasteiger partial charge >= 0.3 is 0 Å². The van der Waals surface area contributed by atoms with E-state index in [0.717, 1.165) is 10.3 Å². The highest BCUT2D eigenvalue weighted by Crippen LogP contribution is 2.44. The zero-order valence-electron chi connectivity index (χ0n) is 34.9. The highest BCUT2D eigenvalue weighted by atomic mass is 32.2. The molecular weight excluding hydrogens is 865 g/mol. The predicted molar refractivity (Wildman–Crippen MR) is 240 cm³/mol. The summed E-state index contributed by atoms with van der Waals surface area (Å²) in [7, 11) is -4.51. The quantitative estimate of drug-likeness (QED) is 0.116. The standard InChI is InChI=1S/C44H46N8O8S3/c1-57-33-13-7-30(8-14-33)27-51(28-31-9-15-34(58-2)16-10-31)63(55,56)42-39(62(53,54)26-23-50-21-24-60-25-22-50)20-19-36(37-5-4-6-38-41(37)46-44(45)61-38)40(42)43-47-48-49-52(43)29-32-11-17-35(59-3)18-12-32/h4-20H,21-29H2,1-3H3,(H2,45,46). The van der Waals surface area contributed by atoms with Gasteiger partial charge in [0.2, 0.25) is 10.0 Å². The molecule has 7 aromatic rings. The van der Waals surface area contributed by atoms with Gasteiger partial charge < -0.3 is 24.7 Å². The number of morpholine rings is 1. The Bertz CT molecular complexity index is 2870. The molecule has 16 nitrogen and oxygen atoms in total. The van der Waals surface area contributed by atoms with Crippen LogP contribution in [0.3, 0.4) is 0 Å². The molecule has 2 N–H and O–H groups in total. The third-order valence-corrected chi connectivity index (χ3v) is 15.4. The summed E-state index contributed by atoms with van der Waals surface area (Å²) in [5.41, 5.74) is 9.66. The van der Waals surface area contributed by atoms with Crippen molar-refractivity contribution in [3.63, 3.8) is 0 Å². The SMILES string of the molecule is COc1ccc(CN(Cc2ccc(OC)cc2)S(=O)(=O)c2c(S(=O)(=O)CCN3CCOCC3)ccc(-c3cccc4sc(N)nc34)c2-c2nnnn2Cc2ccc(OC)cc2)cc1. The molecule has 8 rings (SSSR count). The maximum absolute atomic E-state index is 16.1. The highest BCUT2D eigenvalue weighted by Gasteiger charge is 2.38. The summed E-state index contributed by atoms with van der Waals surface area (Å²) >= 11 is 1.28. The van der Waals surface area contributed by atoms with Crippen molar-refractivity contribution in [2.24, 2.45) is 0 Å². The number of anilines is 1. The van der Waals surface area contributed by atoms with Gasteiger partial charge in [-0.15, -0.1) is 5.10 Å². The number of nitrogen functional groups attached to an aromatic ring is 1. The van der Waals surface area contributed by atoms with Crippen LogP contribution in [0.4, 0.5) is 5.13 Å². The largest absolute Gasteiger partial charge is 0.497 e. The normalized spacial score (nSPS) is 13.7. The van der Waals surface area contributed by atoms with Crippen LogP contribution in [0.1, 0.15) is 16.7 Å². The molecule has 0 unspecified atom stereocenters. The third kappa shape index (κ3) is 9.53. The minimum atomic E-state index is -4.83. The summed E-state index contributed by atoms with van der Waals surface area (Å²) in [5.74, 6) is 1.49. The fourth-order valence-corrected chi connectivity index (χ4v) is 12.0. The number of thiazole rings is 1. The Morgan fingerprint density at radius 3 is 1.92 bits per heavy atom. The van der Waals surface area contributed by atoms with Gasteiger partial charge in [0, 0.05) is 38.3 Å². The third-order valence-electron chi connectivity index (χ3n) is 10.8. The van der Waals surface area contributed by atoms with Crippen molar-refractivity contribution >= 4 is 46.5 Å². The first-order chi connectivity index (χ1) is 30.5. The van der Waals surface area contributed by atoms with E-state index in [1.807, 2.05) is 29.2 Å². The Hall–Kier alpha value is -5.96. The van der Waals surface area contributed by atoms with Crippen LogP contribution in [0, 0.1) is 0 Å². The van der Waals surface area contributed by atoms with Crippen LogP contribution >= 0.6 is 11.3 Å². The molecule has 0 saturated carbocycles. The topological polar surface area (TPSA) is 194 Å². The number of benzene rings is 5. The summed E-state index contributed by atoms with van der Waals surface area (Å²) in [6, 6.07) is 29.8. The van der Waals surface area contributed by atoms with Gasteiger partial charge in [-0.3, -0.25) is 4.90 Å². The molecule has 0 bridgehead atoms. The van der Waals surface area contributed by atoms with Gasteiger partial charge in [-0.1, -0.05) is 65.9 Å². The summed E-state index contributed by atoms with van der Waals surface area (Å²) in [6.07, 6.45) is 0. The average Bonchev–Trinajstić information content (AvgIpc) is 3.94. The van der Waals surface area contributed by atoms with Crippen molar-refractivity contribution in [1.29, 1.82) is 0 Å². The lowest BCUT2D eigenvalue weighted by atomic mass is 9.98. The molecule has 0 aliphatic carbocycles. The fourth-order valence-electron chi connectivity index (χ4n) is 7.50. The van der Waals surface area contributed by atoms with Crippen LogP contribution in [0.5, 0.6) is 17.2 Å². The lowest BCUT2D eigenvalue weighted by Gasteiger charge is -2.28. The molecule has 1 saturated heterocycles. The molecule has 3 heterocycles. The lowest BCUT2D eigenvalue weighted by Crippen LogP contribution is -2.39. The zero-order valence-corrected chi connectivity index (χ0v) is 37.3. The van der Waals surface area contributed by atoms with E-state index in [1.165, 1.54) is 26.4 Å². The van der Waals surface area contributed by atoms with Gasteiger partial charge in [0.1, 0.15) is 22.1 Å². The Labute approximate surface area is 369 Å². The number of nitrogens with zero attached hydrogens (tertiary/aromatic N) is 7. The molecule has 2 aromatic heterocycles. The van der Waals surface area contributed by atoms with Crippen LogP contribution in [0.15, 0.2) is 113 Å². The van der Waals surface area contributed by atoms with Crippen LogP contribution in [-0.4, -0.2) is 111 Å². The van der Waals surface area contributed by atoms with E-state index < -0.39 is 24.8 Å². The number of ether oxygens (including phenoxy) is 4. The summed E-state index contributed by atoms with van der Waals surface area (Å²) in [5, 5.41) is 13.2. The monoisotopic (exact) mass is 910 g/mol. The Kier molecular flexibility index (Phi) is 13.0. The van der Waals surface area contributed by atoms with E-state index in [4.69, 9.17) is 24.7 Å². The molecule has 19 heteroatoms. The number of tetrazole rings is 1. The van der Waals surface area contributed by atoms with Crippen molar-refractivity contribution < 1.29 is 35.8 Å². The average molecular weight is 911 g/mol. The number of hydrogen-bond donors (Lipinski definition) is 1. The fraction of sp³-hybridized carbons (Fsp3) is 0.273. The maximum atomic E-state index is 16.1.